The summed E-state index contributed by atoms with van der Waals surface area (Å²) in [6.07, 6.45) is 1.95. The van der Waals surface area contributed by atoms with Crippen LogP contribution in [0.15, 0.2) is 23.7 Å². The molecule has 94 valence electrons. The summed E-state index contributed by atoms with van der Waals surface area (Å²) in [5.74, 6) is 0.170. The molecule has 0 unspecified atom stereocenters. The van der Waals surface area contributed by atoms with E-state index >= 15 is 0 Å². The monoisotopic (exact) mass is 265 g/mol. The number of hydrogen-bond acceptors (Lipinski definition) is 7. The van der Waals surface area contributed by atoms with Crippen LogP contribution in [0.4, 0.5) is 17.5 Å². The molecule has 0 bridgehead atoms. The third-order valence-corrected chi connectivity index (χ3v) is 3.17. The Morgan fingerprint density at radius 2 is 2.39 bits per heavy atom. The molecule has 0 aromatic carbocycles. The molecule has 8 heteroatoms. The number of nitrogens with two attached hydrogens (primary N) is 1. The maximum Gasteiger partial charge on any atom is 0.329 e. The maximum absolute atomic E-state index is 10.5. The topological polar surface area (TPSA) is 107 Å². The van der Waals surface area contributed by atoms with Gasteiger partial charge >= 0.3 is 5.69 Å². The van der Waals surface area contributed by atoms with Gasteiger partial charge in [0.05, 0.1) is 4.92 Å². The Morgan fingerprint density at radius 1 is 1.56 bits per heavy atom. The lowest BCUT2D eigenvalue weighted by Gasteiger charge is -2.04. The molecule has 2 aromatic rings. The Balaban J connectivity index is 1.94. The third kappa shape index (κ3) is 2.92. The van der Waals surface area contributed by atoms with Gasteiger partial charge in [0.2, 0.25) is 11.8 Å². The van der Waals surface area contributed by atoms with Crippen molar-refractivity contribution < 1.29 is 4.92 Å². The van der Waals surface area contributed by atoms with Gasteiger partial charge < -0.3 is 11.1 Å². The van der Waals surface area contributed by atoms with Gasteiger partial charge in [0.25, 0.3) is 0 Å². The first-order valence-electron chi connectivity index (χ1n) is 5.20. The fourth-order valence-electron chi connectivity index (χ4n) is 1.37. The Kier molecular flexibility index (Phi) is 3.68. The second kappa shape index (κ2) is 5.41. The first-order valence-corrected chi connectivity index (χ1v) is 6.08. The van der Waals surface area contributed by atoms with Gasteiger partial charge in [-0.1, -0.05) is 6.07 Å². The van der Waals surface area contributed by atoms with Crippen molar-refractivity contribution in [2.75, 3.05) is 17.6 Å². The first kappa shape index (κ1) is 12.2. The number of nitrogens with zero attached hydrogens (tertiary/aromatic N) is 3. The standard InChI is InChI=1S/C10H11N5O2S/c11-9-8(15(16)17)6-13-10(14-9)12-4-3-7-2-1-5-18-7/h1-2,5-6H,3-4H2,(H3,11,12,13,14). The van der Waals surface area contributed by atoms with E-state index in [9.17, 15) is 10.1 Å². The zero-order chi connectivity index (χ0) is 13.0. The number of thiophene rings is 1. The zero-order valence-electron chi connectivity index (χ0n) is 9.37. The van der Waals surface area contributed by atoms with Gasteiger partial charge in [-0.25, -0.2) is 4.98 Å². The highest BCUT2D eigenvalue weighted by molar-refractivity contribution is 7.09. The number of aromatic nitrogens is 2. The van der Waals surface area contributed by atoms with Crippen molar-refractivity contribution in [3.05, 3.63) is 38.7 Å². The number of rotatable bonds is 5. The molecule has 0 atom stereocenters. The van der Waals surface area contributed by atoms with E-state index < -0.39 is 4.92 Å². The van der Waals surface area contributed by atoms with Crippen molar-refractivity contribution in [1.82, 2.24) is 9.97 Å². The average Bonchev–Trinajstić information content (AvgIpc) is 2.81. The minimum absolute atomic E-state index is 0.131. The molecule has 2 rings (SSSR count). The van der Waals surface area contributed by atoms with Crippen LogP contribution < -0.4 is 11.1 Å². The van der Waals surface area contributed by atoms with E-state index in [1.165, 1.54) is 4.88 Å². The predicted molar refractivity (Wildman–Crippen MR) is 69.6 cm³/mol. The molecule has 0 aliphatic rings. The number of nitrogen functional groups attached to an aromatic ring is 1. The second-order valence-corrected chi connectivity index (χ2v) is 4.51. The van der Waals surface area contributed by atoms with E-state index in [4.69, 9.17) is 5.73 Å². The lowest BCUT2D eigenvalue weighted by Crippen LogP contribution is -2.09. The van der Waals surface area contributed by atoms with Gasteiger partial charge in [-0.3, -0.25) is 10.1 Å². The van der Waals surface area contributed by atoms with E-state index in [2.05, 4.69) is 15.3 Å². The van der Waals surface area contributed by atoms with E-state index in [-0.39, 0.29) is 11.5 Å². The van der Waals surface area contributed by atoms with Crippen LogP contribution in [0.25, 0.3) is 0 Å². The van der Waals surface area contributed by atoms with Crippen LogP contribution in [-0.4, -0.2) is 21.4 Å². The quantitative estimate of drug-likeness (QED) is 0.629. The van der Waals surface area contributed by atoms with Crippen molar-refractivity contribution in [2.45, 2.75) is 6.42 Å². The van der Waals surface area contributed by atoms with Gasteiger partial charge in [0, 0.05) is 11.4 Å². The minimum atomic E-state index is -0.606. The van der Waals surface area contributed by atoms with Gasteiger partial charge in [0.1, 0.15) is 6.20 Å². The second-order valence-electron chi connectivity index (χ2n) is 3.48. The van der Waals surface area contributed by atoms with E-state index in [1.54, 1.807) is 11.3 Å². The van der Waals surface area contributed by atoms with Gasteiger partial charge in [-0.15, -0.1) is 11.3 Å². The summed E-state index contributed by atoms with van der Waals surface area (Å²) in [7, 11) is 0. The molecule has 0 aliphatic carbocycles. The molecule has 0 saturated heterocycles. The molecule has 0 aliphatic heterocycles. The summed E-state index contributed by atoms with van der Waals surface area (Å²) in [5.41, 5.74) is 5.18. The minimum Gasteiger partial charge on any atom is -0.378 e. The Hall–Kier alpha value is -2.22. The maximum atomic E-state index is 10.5. The third-order valence-electron chi connectivity index (χ3n) is 2.23. The molecule has 0 saturated carbocycles. The molecule has 3 N–H and O–H groups in total. The molecule has 0 radical (unpaired) electrons. The highest BCUT2D eigenvalue weighted by Gasteiger charge is 2.13. The van der Waals surface area contributed by atoms with Crippen LogP contribution in [0.5, 0.6) is 0 Å². The smallest absolute Gasteiger partial charge is 0.329 e. The fraction of sp³-hybridized carbons (Fsp3) is 0.200. The van der Waals surface area contributed by atoms with Crippen LogP contribution in [0.1, 0.15) is 4.88 Å². The molecule has 0 fully saturated rings. The van der Waals surface area contributed by atoms with Crippen molar-refractivity contribution in [1.29, 1.82) is 0 Å². The number of nitrogens with one attached hydrogen (secondary N) is 1. The SMILES string of the molecule is Nc1nc(NCCc2cccs2)ncc1[N+](=O)[O-]. The average molecular weight is 265 g/mol. The molecule has 7 nitrogen and oxygen atoms in total. The van der Waals surface area contributed by atoms with Crippen LogP contribution >= 0.6 is 11.3 Å². The number of anilines is 2. The summed E-state index contributed by atoms with van der Waals surface area (Å²) in [5, 5.41) is 15.5. The molecule has 0 amide bonds. The molecule has 0 spiro atoms. The van der Waals surface area contributed by atoms with Crippen molar-refractivity contribution in [3.63, 3.8) is 0 Å². The largest absolute Gasteiger partial charge is 0.378 e. The van der Waals surface area contributed by atoms with Crippen molar-refractivity contribution in [3.8, 4) is 0 Å². The lowest BCUT2D eigenvalue weighted by atomic mass is 10.3. The zero-order valence-corrected chi connectivity index (χ0v) is 10.2. The Bertz CT molecular complexity index is 543. The van der Waals surface area contributed by atoms with E-state index in [0.29, 0.717) is 12.5 Å². The predicted octanol–water partition coefficient (Wildman–Crippen LogP) is 1.68. The first-order chi connectivity index (χ1) is 8.66. The van der Waals surface area contributed by atoms with Crippen LogP contribution in [-0.2, 0) is 6.42 Å². The van der Waals surface area contributed by atoms with Gasteiger partial charge in [0.15, 0.2) is 0 Å². The normalized spacial score (nSPS) is 10.2. The lowest BCUT2D eigenvalue weighted by molar-refractivity contribution is -0.384. The van der Waals surface area contributed by atoms with Gasteiger partial charge in [-0.2, -0.15) is 4.98 Å². The molecule has 2 heterocycles. The van der Waals surface area contributed by atoms with E-state index in [0.717, 1.165) is 12.6 Å². The summed E-state index contributed by atoms with van der Waals surface area (Å²) in [4.78, 5) is 18.8. The van der Waals surface area contributed by atoms with Crippen molar-refractivity contribution >= 4 is 28.8 Å². The Labute approximate surface area is 107 Å². The molecule has 2 aromatic heterocycles. The Morgan fingerprint density at radius 3 is 3.00 bits per heavy atom. The highest BCUT2D eigenvalue weighted by Crippen LogP contribution is 2.18. The molecular weight excluding hydrogens is 254 g/mol. The molecule has 18 heavy (non-hydrogen) atoms. The summed E-state index contributed by atoms with van der Waals surface area (Å²) in [6.45, 7) is 0.651. The number of nitro groups is 1. The summed E-state index contributed by atoms with van der Waals surface area (Å²) in [6, 6.07) is 4.03. The summed E-state index contributed by atoms with van der Waals surface area (Å²) < 4.78 is 0. The molecular formula is C10H11N5O2S. The summed E-state index contributed by atoms with van der Waals surface area (Å²) >= 11 is 1.67. The van der Waals surface area contributed by atoms with Crippen molar-refractivity contribution in [2.24, 2.45) is 0 Å². The fourth-order valence-corrected chi connectivity index (χ4v) is 2.08. The van der Waals surface area contributed by atoms with Crippen LogP contribution in [0.3, 0.4) is 0 Å². The van der Waals surface area contributed by atoms with Gasteiger partial charge in [-0.05, 0) is 17.9 Å². The highest BCUT2D eigenvalue weighted by atomic mass is 32.1. The van der Waals surface area contributed by atoms with E-state index in [1.807, 2.05) is 17.5 Å². The van der Waals surface area contributed by atoms with Crippen LogP contribution in [0.2, 0.25) is 0 Å². The number of hydrogen-bond donors (Lipinski definition) is 2. The van der Waals surface area contributed by atoms with Crippen LogP contribution in [0, 0.1) is 10.1 Å².